The molecular formula is C72H64N2. The molecule has 0 saturated carbocycles. The number of nitrogens with zero attached hydrogens (tertiary/aromatic N) is 2. The molecule has 74 heavy (non-hydrogen) atoms. The normalized spacial score (nSPS) is 13.5. The largest absolute Gasteiger partial charge is 0.310 e. The Bertz CT molecular complexity index is 3680. The van der Waals surface area contributed by atoms with Gasteiger partial charge in [-0.3, -0.25) is 0 Å². The summed E-state index contributed by atoms with van der Waals surface area (Å²) in [5.74, 6) is 0. The average Bonchev–Trinajstić information content (AvgIpc) is 3.78. The highest BCUT2D eigenvalue weighted by Crippen LogP contribution is 2.53. The molecule has 0 aromatic heterocycles. The van der Waals surface area contributed by atoms with Gasteiger partial charge in [-0.05, 0) is 226 Å². The first-order chi connectivity index (χ1) is 35.7. The number of hydrogen-bond acceptors (Lipinski definition) is 2. The molecule has 2 nitrogen and oxygen atoms in total. The minimum Gasteiger partial charge on any atom is -0.310 e. The summed E-state index contributed by atoms with van der Waals surface area (Å²) in [4.78, 5) is 4.92. The molecule has 0 heterocycles. The third-order valence-corrected chi connectivity index (χ3v) is 16.7. The van der Waals surface area contributed by atoms with Gasteiger partial charge >= 0.3 is 0 Å². The summed E-state index contributed by atoms with van der Waals surface area (Å²) in [5, 5.41) is 0. The number of hydrogen-bond donors (Lipinski definition) is 0. The summed E-state index contributed by atoms with van der Waals surface area (Å²) >= 11 is 0. The maximum atomic E-state index is 2.49. The molecule has 0 amide bonds. The Morgan fingerprint density at radius 3 is 0.743 bits per heavy atom. The molecule has 0 aliphatic heterocycles. The van der Waals surface area contributed by atoms with Crippen LogP contribution in [0.1, 0.15) is 83.3 Å². The van der Waals surface area contributed by atoms with E-state index in [1.807, 2.05) is 0 Å². The summed E-state index contributed by atoms with van der Waals surface area (Å²) in [6.45, 7) is 22.9. The van der Waals surface area contributed by atoms with Gasteiger partial charge in [-0.15, -0.1) is 0 Å². The van der Waals surface area contributed by atoms with Crippen LogP contribution in [0.5, 0.6) is 0 Å². The molecule has 0 unspecified atom stereocenters. The molecule has 2 aliphatic rings. The van der Waals surface area contributed by atoms with Gasteiger partial charge in [0, 0.05) is 45.0 Å². The van der Waals surface area contributed by atoms with Crippen LogP contribution in [-0.2, 0) is 10.8 Å². The first kappa shape index (κ1) is 46.8. The van der Waals surface area contributed by atoms with E-state index in [-0.39, 0.29) is 10.8 Å². The standard InChI is InChI=1S/C72H64N2/c1-45-19-11-13-21-57(45)59-33-27-51(39-47(59)3)73(52-28-34-60(48(4)40-52)58-22-14-12-20-46(58)2)53-29-35-61(49(5)41-53)62-36-30-54(42-50(62)6)74(55-31-37-65-63-23-15-17-25-67(63)71(7,8)69(65)43-55)56-32-38-66-64-24-16-18-26-68(64)72(9,10)70(66)44-56/h11-44H,1-10H3. The van der Waals surface area contributed by atoms with Crippen molar-refractivity contribution in [1.82, 2.24) is 0 Å². The predicted molar refractivity (Wildman–Crippen MR) is 316 cm³/mol. The van der Waals surface area contributed by atoms with Crippen LogP contribution in [0.2, 0.25) is 0 Å². The Morgan fingerprint density at radius 2 is 0.446 bits per heavy atom. The lowest BCUT2D eigenvalue weighted by molar-refractivity contribution is 0.660. The van der Waals surface area contributed by atoms with Crippen molar-refractivity contribution in [3.8, 4) is 55.6 Å². The van der Waals surface area contributed by atoms with E-state index in [0.29, 0.717) is 0 Å². The van der Waals surface area contributed by atoms with Gasteiger partial charge < -0.3 is 9.80 Å². The van der Waals surface area contributed by atoms with Crippen molar-refractivity contribution in [2.24, 2.45) is 0 Å². The van der Waals surface area contributed by atoms with Gasteiger partial charge in [0.2, 0.25) is 0 Å². The maximum Gasteiger partial charge on any atom is 0.0465 e. The zero-order valence-corrected chi connectivity index (χ0v) is 44.5. The minimum atomic E-state index is -0.124. The highest BCUT2D eigenvalue weighted by molar-refractivity contribution is 5.90. The molecular weight excluding hydrogens is 893 g/mol. The van der Waals surface area contributed by atoms with Gasteiger partial charge in [0.15, 0.2) is 0 Å². The van der Waals surface area contributed by atoms with Gasteiger partial charge in [-0.1, -0.05) is 161 Å². The third kappa shape index (κ3) is 7.61. The number of benzene rings is 10. The van der Waals surface area contributed by atoms with E-state index < -0.39 is 0 Å². The minimum absolute atomic E-state index is 0.124. The van der Waals surface area contributed by atoms with Gasteiger partial charge in [0.25, 0.3) is 0 Å². The Kier molecular flexibility index (Phi) is 11.3. The summed E-state index contributed by atoms with van der Waals surface area (Å²) in [6.07, 6.45) is 0. The van der Waals surface area contributed by atoms with E-state index in [1.54, 1.807) is 0 Å². The highest BCUT2D eigenvalue weighted by atomic mass is 15.1. The van der Waals surface area contributed by atoms with Crippen molar-refractivity contribution in [1.29, 1.82) is 0 Å². The second-order valence-electron chi connectivity index (χ2n) is 22.1. The second kappa shape index (κ2) is 17.8. The molecule has 0 saturated heterocycles. The van der Waals surface area contributed by atoms with Crippen LogP contribution in [0.25, 0.3) is 55.6 Å². The van der Waals surface area contributed by atoms with Gasteiger partial charge in [-0.2, -0.15) is 0 Å². The molecule has 2 aliphatic carbocycles. The zero-order valence-electron chi connectivity index (χ0n) is 44.5. The first-order valence-electron chi connectivity index (χ1n) is 26.3. The molecule has 12 rings (SSSR count). The lowest BCUT2D eigenvalue weighted by Crippen LogP contribution is -2.18. The molecule has 0 N–H and O–H groups in total. The van der Waals surface area contributed by atoms with Crippen molar-refractivity contribution in [2.75, 3.05) is 9.80 Å². The molecule has 0 fully saturated rings. The Hall–Kier alpha value is -8.20. The van der Waals surface area contributed by atoms with Crippen LogP contribution >= 0.6 is 0 Å². The first-order valence-corrected chi connectivity index (χ1v) is 26.3. The Labute approximate surface area is 439 Å². The van der Waals surface area contributed by atoms with E-state index >= 15 is 0 Å². The highest BCUT2D eigenvalue weighted by Gasteiger charge is 2.38. The fraction of sp³-hybridized carbons (Fsp3) is 0.167. The lowest BCUT2D eigenvalue weighted by atomic mass is 9.82. The average molecular weight is 957 g/mol. The predicted octanol–water partition coefficient (Wildman–Crippen LogP) is 20.1. The summed E-state index contributed by atoms with van der Waals surface area (Å²) in [5.41, 5.74) is 32.5. The van der Waals surface area contributed by atoms with Crippen LogP contribution in [0.15, 0.2) is 206 Å². The smallest absolute Gasteiger partial charge is 0.0465 e. The molecule has 10 aromatic carbocycles. The molecule has 362 valence electrons. The Balaban J connectivity index is 0.949. The van der Waals surface area contributed by atoms with Crippen LogP contribution in [-0.4, -0.2) is 0 Å². The van der Waals surface area contributed by atoms with Crippen molar-refractivity contribution in [3.05, 3.63) is 262 Å². The summed E-state index contributed by atoms with van der Waals surface area (Å²) in [7, 11) is 0. The number of rotatable bonds is 9. The fourth-order valence-corrected chi connectivity index (χ4v) is 12.7. The summed E-state index contributed by atoms with van der Waals surface area (Å²) < 4.78 is 0. The van der Waals surface area contributed by atoms with Crippen molar-refractivity contribution < 1.29 is 0 Å². The van der Waals surface area contributed by atoms with Crippen LogP contribution in [0, 0.1) is 41.5 Å². The van der Waals surface area contributed by atoms with Crippen LogP contribution < -0.4 is 9.80 Å². The Morgan fingerprint density at radius 1 is 0.216 bits per heavy atom. The maximum absolute atomic E-state index is 2.49. The molecule has 0 atom stereocenters. The van der Waals surface area contributed by atoms with Crippen molar-refractivity contribution in [3.63, 3.8) is 0 Å². The molecule has 0 spiro atoms. The van der Waals surface area contributed by atoms with Crippen LogP contribution in [0.3, 0.4) is 0 Å². The molecule has 10 aromatic rings. The quantitative estimate of drug-likeness (QED) is 0.142. The number of aryl methyl sites for hydroxylation is 6. The fourth-order valence-electron chi connectivity index (χ4n) is 12.7. The molecule has 0 radical (unpaired) electrons. The monoisotopic (exact) mass is 957 g/mol. The second-order valence-corrected chi connectivity index (χ2v) is 22.1. The van der Waals surface area contributed by atoms with E-state index in [1.165, 1.54) is 111 Å². The van der Waals surface area contributed by atoms with E-state index in [0.717, 1.165) is 34.1 Å². The lowest BCUT2D eigenvalue weighted by Gasteiger charge is -2.30. The third-order valence-electron chi connectivity index (χ3n) is 16.7. The van der Waals surface area contributed by atoms with Crippen LogP contribution in [0.4, 0.5) is 34.1 Å². The summed E-state index contributed by atoms with van der Waals surface area (Å²) in [6, 6.07) is 77.5. The van der Waals surface area contributed by atoms with E-state index in [2.05, 4.69) is 285 Å². The van der Waals surface area contributed by atoms with Gasteiger partial charge in [-0.25, -0.2) is 0 Å². The van der Waals surface area contributed by atoms with Gasteiger partial charge in [0.05, 0.1) is 0 Å². The molecule has 0 bridgehead atoms. The van der Waals surface area contributed by atoms with Crippen molar-refractivity contribution in [2.45, 2.75) is 80.1 Å². The van der Waals surface area contributed by atoms with Crippen molar-refractivity contribution >= 4 is 34.1 Å². The zero-order chi connectivity index (χ0) is 51.2. The van der Waals surface area contributed by atoms with Gasteiger partial charge in [0.1, 0.15) is 0 Å². The number of fused-ring (bicyclic) bond motifs is 6. The molecule has 2 heteroatoms. The van der Waals surface area contributed by atoms with E-state index in [4.69, 9.17) is 0 Å². The number of anilines is 6. The van der Waals surface area contributed by atoms with E-state index in [9.17, 15) is 0 Å². The SMILES string of the molecule is Cc1ccccc1-c1ccc(N(c2ccc(-c3ccccc3C)c(C)c2)c2ccc(-c3ccc(N(c4ccc5c(c4)C(C)(C)c4ccccc4-5)c4ccc5c(c4)C(C)(C)c4ccccc4-5)cc3C)c(C)c2)cc1C. The topological polar surface area (TPSA) is 6.48 Å².